The summed E-state index contributed by atoms with van der Waals surface area (Å²) in [5, 5.41) is 3.11. The van der Waals surface area contributed by atoms with E-state index in [2.05, 4.69) is 62.8 Å². The van der Waals surface area contributed by atoms with Crippen LogP contribution in [0, 0.1) is 0 Å². The van der Waals surface area contributed by atoms with E-state index in [-0.39, 0.29) is 0 Å². The topological polar surface area (TPSA) is 61.0 Å². The fraction of sp³-hybridized carbons (Fsp3) is 0.500. The van der Waals surface area contributed by atoms with Crippen molar-refractivity contribution >= 4 is 22.4 Å². The molecule has 6 nitrogen and oxygen atoms in total. The number of hydrogen-bond donors (Lipinski definition) is 1. The lowest BCUT2D eigenvalue weighted by Crippen LogP contribution is -2.51. The number of anilines is 1. The van der Waals surface area contributed by atoms with Crippen molar-refractivity contribution in [2.45, 2.75) is 26.9 Å². The lowest BCUT2D eigenvalue weighted by molar-refractivity contribution is 0.296. The second-order valence-corrected chi connectivity index (χ2v) is 7.62. The Kier molecular flexibility index (Phi) is 7.06. The van der Waals surface area contributed by atoms with E-state index >= 15 is 0 Å². The molecule has 2 N–H and O–H groups in total. The molecule has 0 aliphatic carbocycles. The van der Waals surface area contributed by atoms with Crippen molar-refractivity contribution in [3.63, 3.8) is 0 Å². The van der Waals surface area contributed by atoms with Gasteiger partial charge >= 0.3 is 0 Å². The van der Waals surface area contributed by atoms with Crippen molar-refractivity contribution in [2.24, 2.45) is 10.7 Å². The highest BCUT2D eigenvalue weighted by atomic mass is 32.1. The fourth-order valence-electron chi connectivity index (χ4n) is 3.30. The first kappa shape index (κ1) is 19.6. The highest BCUT2D eigenvalue weighted by Gasteiger charge is 2.19. The Morgan fingerprint density at radius 3 is 2.59 bits per heavy atom. The molecule has 3 rings (SSSR count). The van der Waals surface area contributed by atoms with E-state index in [0.29, 0.717) is 12.5 Å². The Hall–Kier alpha value is -2.12. The number of aromatic nitrogens is 1. The molecule has 0 amide bonds. The van der Waals surface area contributed by atoms with Gasteiger partial charge in [0.1, 0.15) is 0 Å². The van der Waals surface area contributed by atoms with Crippen molar-refractivity contribution in [1.29, 1.82) is 0 Å². The smallest absolute Gasteiger partial charge is 0.191 e. The molecule has 0 spiro atoms. The van der Waals surface area contributed by atoms with Crippen LogP contribution in [0.5, 0.6) is 0 Å². The summed E-state index contributed by atoms with van der Waals surface area (Å²) >= 11 is 1.69. The van der Waals surface area contributed by atoms with Gasteiger partial charge in [-0.1, -0.05) is 38.1 Å². The maximum Gasteiger partial charge on any atom is 0.191 e. The first-order valence-electron chi connectivity index (χ1n) is 9.69. The molecule has 1 aromatic heterocycles. The van der Waals surface area contributed by atoms with Crippen molar-refractivity contribution in [3.8, 4) is 0 Å². The maximum absolute atomic E-state index is 6.26. The van der Waals surface area contributed by atoms with Crippen LogP contribution in [0.4, 0.5) is 5.13 Å². The molecule has 2 aromatic rings. The molecule has 1 aliphatic heterocycles. The average Bonchev–Trinajstić information content (AvgIpc) is 3.25. The largest absolute Gasteiger partial charge is 0.370 e. The minimum atomic E-state index is 0.630. The highest BCUT2D eigenvalue weighted by Crippen LogP contribution is 2.18. The molecule has 1 saturated heterocycles. The van der Waals surface area contributed by atoms with Crippen LogP contribution in [0.2, 0.25) is 0 Å². The van der Waals surface area contributed by atoms with Gasteiger partial charge in [-0.05, 0) is 24.2 Å². The van der Waals surface area contributed by atoms with Crippen molar-refractivity contribution in [1.82, 2.24) is 14.8 Å². The molecule has 2 heterocycles. The van der Waals surface area contributed by atoms with Crippen LogP contribution in [-0.4, -0.2) is 60.0 Å². The average molecular weight is 387 g/mol. The lowest BCUT2D eigenvalue weighted by atomic mass is 10.1. The molecule has 1 aliphatic rings. The fourth-order valence-corrected chi connectivity index (χ4v) is 4.00. The molecular weight excluding hydrogens is 356 g/mol. The van der Waals surface area contributed by atoms with Crippen LogP contribution < -0.4 is 10.6 Å². The van der Waals surface area contributed by atoms with Crippen LogP contribution in [0.1, 0.15) is 25.0 Å². The van der Waals surface area contributed by atoms with Crippen LogP contribution >= 0.6 is 11.3 Å². The Bertz CT molecular complexity index is 718. The summed E-state index contributed by atoms with van der Waals surface area (Å²) in [7, 11) is 0. The Morgan fingerprint density at radius 2 is 1.93 bits per heavy atom. The molecule has 0 unspecified atom stereocenters. The maximum atomic E-state index is 6.26. The van der Waals surface area contributed by atoms with Gasteiger partial charge in [-0.3, -0.25) is 4.90 Å². The Labute approximate surface area is 166 Å². The second kappa shape index (κ2) is 9.71. The Balaban J connectivity index is 1.53. The number of guanidine groups is 1. The number of nitrogens with two attached hydrogens (primary N) is 1. The van der Waals surface area contributed by atoms with Crippen LogP contribution in [-0.2, 0) is 13.1 Å². The van der Waals surface area contributed by atoms with Crippen LogP contribution in [0.25, 0.3) is 0 Å². The molecule has 0 saturated carbocycles. The van der Waals surface area contributed by atoms with Crippen molar-refractivity contribution in [2.75, 3.05) is 44.2 Å². The van der Waals surface area contributed by atoms with Crippen LogP contribution in [0.15, 0.2) is 40.8 Å². The SMILES string of the molecule is CCN(CC)Cc1cccc(CN=C(N)N2CCN(c3nccs3)CC2)c1. The van der Waals surface area contributed by atoms with Gasteiger partial charge in [0.15, 0.2) is 11.1 Å². The number of aliphatic imine (C=N–C) groups is 1. The predicted octanol–water partition coefficient (Wildman–Crippen LogP) is 2.62. The molecule has 0 atom stereocenters. The highest BCUT2D eigenvalue weighted by molar-refractivity contribution is 7.13. The van der Waals surface area contributed by atoms with E-state index in [4.69, 9.17) is 5.73 Å². The van der Waals surface area contributed by atoms with Gasteiger partial charge in [-0.2, -0.15) is 0 Å². The minimum Gasteiger partial charge on any atom is -0.370 e. The van der Waals surface area contributed by atoms with E-state index in [1.165, 1.54) is 11.1 Å². The second-order valence-electron chi connectivity index (χ2n) is 6.74. The summed E-state index contributed by atoms with van der Waals surface area (Å²) in [4.78, 5) is 15.9. The third kappa shape index (κ3) is 5.43. The molecule has 0 radical (unpaired) electrons. The van der Waals surface area contributed by atoms with Gasteiger partial charge in [-0.25, -0.2) is 9.98 Å². The van der Waals surface area contributed by atoms with Gasteiger partial charge in [0.2, 0.25) is 0 Å². The van der Waals surface area contributed by atoms with E-state index in [1.807, 2.05) is 11.6 Å². The number of hydrogen-bond acceptors (Lipinski definition) is 5. The molecule has 1 fully saturated rings. The van der Waals surface area contributed by atoms with E-state index in [1.54, 1.807) is 11.3 Å². The zero-order valence-electron chi connectivity index (χ0n) is 16.3. The molecular formula is C20H30N6S. The van der Waals surface area contributed by atoms with Gasteiger partial charge < -0.3 is 15.5 Å². The summed E-state index contributed by atoms with van der Waals surface area (Å²) in [5.41, 5.74) is 8.81. The summed E-state index contributed by atoms with van der Waals surface area (Å²) in [5.74, 6) is 0.642. The monoisotopic (exact) mass is 386 g/mol. The van der Waals surface area contributed by atoms with E-state index in [0.717, 1.165) is 50.9 Å². The number of rotatable bonds is 7. The zero-order chi connectivity index (χ0) is 19.1. The molecule has 1 aromatic carbocycles. The van der Waals surface area contributed by atoms with Crippen molar-refractivity contribution < 1.29 is 0 Å². The Morgan fingerprint density at radius 1 is 1.19 bits per heavy atom. The number of thiazole rings is 1. The number of nitrogens with zero attached hydrogens (tertiary/aromatic N) is 5. The van der Waals surface area contributed by atoms with Gasteiger partial charge in [0.05, 0.1) is 6.54 Å². The van der Waals surface area contributed by atoms with Gasteiger partial charge in [0.25, 0.3) is 0 Å². The summed E-state index contributed by atoms with van der Waals surface area (Å²) in [6.07, 6.45) is 1.86. The van der Waals surface area contributed by atoms with Gasteiger partial charge in [0, 0.05) is 44.3 Å². The third-order valence-electron chi connectivity index (χ3n) is 5.01. The third-order valence-corrected chi connectivity index (χ3v) is 5.84. The van der Waals surface area contributed by atoms with Gasteiger partial charge in [-0.15, -0.1) is 11.3 Å². The summed E-state index contributed by atoms with van der Waals surface area (Å²) in [6.45, 7) is 11.8. The quantitative estimate of drug-likeness (QED) is 0.585. The summed E-state index contributed by atoms with van der Waals surface area (Å²) in [6, 6.07) is 8.68. The zero-order valence-corrected chi connectivity index (χ0v) is 17.2. The van der Waals surface area contributed by atoms with Crippen LogP contribution in [0.3, 0.4) is 0 Å². The predicted molar refractivity (Wildman–Crippen MR) is 114 cm³/mol. The minimum absolute atomic E-state index is 0.630. The van der Waals surface area contributed by atoms with Crippen molar-refractivity contribution in [3.05, 3.63) is 47.0 Å². The number of benzene rings is 1. The normalized spacial score (nSPS) is 15.6. The first-order chi connectivity index (χ1) is 13.2. The lowest BCUT2D eigenvalue weighted by Gasteiger charge is -2.35. The number of piperazine rings is 1. The summed E-state index contributed by atoms with van der Waals surface area (Å²) < 4.78 is 0. The molecule has 7 heteroatoms. The standard InChI is InChI=1S/C20H30N6S/c1-3-24(4-2)16-18-7-5-6-17(14-18)15-23-19(21)25-9-11-26(12-10-25)20-22-8-13-27-20/h5-8,13-14H,3-4,9-12,15-16H2,1-2H3,(H2,21,23). The molecule has 146 valence electrons. The first-order valence-corrected chi connectivity index (χ1v) is 10.6. The van der Waals surface area contributed by atoms with E-state index in [9.17, 15) is 0 Å². The van der Waals surface area contributed by atoms with E-state index < -0.39 is 0 Å². The molecule has 0 bridgehead atoms. The molecule has 27 heavy (non-hydrogen) atoms.